The lowest BCUT2D eigenvalue weighted by Gasteiger charge is -2.21. The molecule has 2 heterocycles. The van der Waals surface area contributed by atoms with Crippen molar-refractivity contribution in [2.75, 3.05) is 16.8 Å². The van der Waals surface area contributed by atoms with Crippen LogP contribution >= 0.6 is 11.8 Å². The van der Waals surface area contributed by atoms with Gasteiger partial charge in [0.1, 0.15) is 0 Å². The van der Waals surface area contributed by atoms with E-state index in [0.29, 0.717) is 6.04 Å². The number of hydrogen-bond acceptors (Lipinski definition) is 3. The summed E-state index contributed by atoms with van der Waals surface area (Å²) in [5, 5.41) is 3.48. The minimum atomic E-state index is 0.569. The normalized spacial score (nSPS) is 21.1. The highest BCUT2D eigenvalue weighted by Crippen LogP contribution is 2.21. The summed E-state index contributed by atoms with van der Waals surface area (Å²) in [4.78, 5) is 7.84. The van der Waals surface area contributed by atoms with Crippen molar-refractivity contribution in [3.05, 3.63) is 24.3 Å². The standard InChI is InChI=1S/C12H15N3S/c1-2-6-11-10(5-1)14-12(15-11)13-9-4-3-7-16-8-9/h1-2,5-6,9H,3-4,7-8H2,(H2,13,14,15). The Balaban J connectivity index is 1.78. The number of benzene rings is 1. The molecule has 0 bridgehead atoms. The molecule has 0 spiro atoms. The van der Waals surface area contributed by atoms with Gasteiger partial charge in [0, 0.05) is 11.8 Å². The van der Waals surface area contributed by atoms with E-state index in [4.69, 9.17) is 0 Å². The largest absolute Gasteiger partial charge is 0.352 e. The molecule has 1 fully saturated rings. The second kappa shape index (κ2) is 4.37. The average molecular weight is 233 g/mol. The molecule has 1 aliphatic rings. The van der Waals surface area contributed by atoms with Gasteiger partial charge in [-0.3, -0.25) is 0 Å². The van der Waals surface area contributed by atoms with Gasteiger partial charge in [0.15, 0.2) is 0 Å². The van der Waals surface area contributed by atoms with Gasteiger partial charge in [-0.15, -0.1) is 0 Å². The molecule has 1 unspecified atom stereocenters. The molecule has 16 heavy (non-hydrogen) atoms. The van der Waals surface area contributed by atoms with Gasteiger partial charge in [0.05, 0.1) is 11.0 Å². The number of nitrogens with one attached hydrogen (secondary N) is 2. The molecule has 4 heteroatoms. The number of aromatic amines is 1. The third-order valence-corrected chi connectivity index (χ3v) is 4.11. The fourth-order valence-electron chi connectivity index (χ4n) is 2.07. The second-order valence-corrected chi connectivity index (χ2v) is 5.31. The van der Waals surface area contributed by atoms with E-state index in [0.717, 1.165) is 17.0 Å². The zero-order valence-electron chi connectivity index (χ0n) is 9.07. The van der Waals surface area contributed by atoms with Crippen LogP contribution in [0, 0.1) is 0 Å². The summed E-state index contributed by atoms with van der Waals surface area (Å²) in [6.07, 6.45) is 2.56. The summed E-state index contributed by atoms with van der Waals surface area (Å²) < 4.78 is 0. The maximum atomic E-state index is 4.53. The molecule has 1 aromatic carbocycles. The Morgan fingerprint density at radius 2 is 2.31 bits per heavy atom. The smallest absolute Gasteiger partial charge is 0.201 e. The van der Waals surface area contributed by atoms with E-state index in [2.05, 4.69) is 21.4 Å². The van der Waals surface area contributed by atoms with Crippen molar-refractivity contribution >= 4 is 28.7 Å². The number of thioether (sulfide) groups is 1. The summed E-state index contributed by atoms with van der Waals surface area (Å²) >= 11 is 2.02. The Kier molecular flexibility index (Phi) is 2.74. The van der Waals surface area contributed by atoms with Crippen molar-refractivity contribution < 1.29 is 0 Å². The summed E-state index contributed by atoms with van der Waals surface area (Å²) in [7, 11) is 0. The van der Waals surface area contributed by atoms with Crippen molar-refractivity contribution in [1.82, 2.24) is 9.97 Å². The molecule has 0 saturated carbocycles. The Morgan fingerprint density at radius 3 is 3.12 bits per heavy atom. The number of anilines is 1. The molecule has 1 atom stereocenters. The molecule has 0 amide bonds. The fraction of sp³-hybridized carbons (Fsp3) is 0.417. The summed E-state index contributed by atoms with van der Waals surface area (Å²) in [5.74, 6) is 3.41. The fourth-order valence-corrected chi connectivity index (χ4v) is 3.14. The molecule has 3 nitrogen and oxygen atoms in total. The Bertz CT molecular complexity index is 441. The minimum absolute atomic E-state index is 0.569. The lowest BCUT2D eigenvalue weighted by atomic mass is 10.2. The molecule has 1 aromatic heterocycles. The molecule has 1 aliphatic heterocycles. The van der Waals surface area contributed by atoms with Crippen molar-refractivity contribution in [1.29, 1.82) is 0 Å². The van der Waals surface area contributed by atoms with Crippen LogP contribution in [0.2, 0.25) is 0 Å². The number of nitrogens with zero attached hydrogens (tertiary/aromatic N) is 1. The number of aromatic nitrogens is 2. The summed E-state index contributed by atoms with van der Waals surface area (Å²) in [6.45, 7) is 0. The number of imidazole rings is 1. The zero-order valence-corrected chi connectivity index (χ0v) is 9.89. The molecule has 2 aromatic rings. The van der Waals surface area contributed by atoms with Crippen LogP contribution in [0.25, 0.3) is 11.0 Å². The first-order valence-electron chi connectivity index (χ1n) is 5.71. The number of para-hydroxylation sites is 2. The SMILES string of the molecule is c1ccc2[nH]c(NC3CCCSC3)nc2c1. The van der Waals surface area contributed by atoms with Gasteiger partial charge in [0.2, 0.25) is 5.95 Å². The van der Waals surface area contributed by atoms with Gasteiger partial charge in [-0.25, -0.2) is 4.98 Å². The molecule has 84 valence electrons. The Hall–Kier alpha value is -1.16. The first-order chi connectivity index (χ1) is 7.92. The molecular formula is C12H15N3S. The van der Waals surface area contributed by atoms with Crippen molar-refractivity contribution in [3.8, 4) is 0 Å². The lowest BCUT2D eigenvalue weighted by Crippen LogP contribution is -2.26. The van der Waals surface area contributed by atoms with Crippen molar-refractivity contribution in [3.63, 3.8) is 0 Å². The third kappa shape index (κ3) is 2.02. The maximum absolute atomic E-state index is 4.53. The van der Waals surface area contributed by atoms with Crippen LogP contribution in [0.5, 0.6) is 0 Å². The van der Waals surface area contributed by atoms with Crippen LogP contribution in [0.15, 0.2) is 24.3 Å². The van der Waals surface area contributed by atoms with E-state index in [-0.39, 0.29) is 0 Å². The monoisotopic (exact) mass is 233 g/mol. The molecule has 0 radical (unpaired) electrons. The number of hydrogen-bond donors (Lipinski definition) is 2. The van der Waals surface area contributed by atoms with Crippen LogP contribution in [-0.4, -0.2) is 27.5 Å². The number of H-pyrrole nitrogens is 1. The Labute approximate surface area is 99.0 Å². The van der Waals surface area contributed by atoms with Crippen LogP contribution < -0.4 is 5.32 Å². The zero-order chi connectivity index (χ0) is 10.8. The number of fused-ring (bicyclic) bond motifs is 1. The van der Waals surface area contributed by atoms with Gasteiger partial charge >= 0.3 is 0 Å². The van der Waals surface area contributed by atoms with Crippen LogP contribution in [0.3, 0.4) is 0 Å². The van der Waals surface area contributed by atoms with E-state index in [1.165, 1.54) is 24.3 Å². The topological polar surface area (TPSA) is 40.7 Å². The Morgan fingerprint density at radius 1 is 1.38 bits per heavy atom. The maximum Gasteiger partial charge on any atom is 0.201 e. The van der Waals surface area contributed by atoms with Gasteiger partial charge < -0.3 is 10.3 Å². The highest BCUT2D eigenvalue weighted by atomic mass is 32.2. The third-order valence-electron chi connectivity index (χ3n) is 2.89. The molecule has 2 N–H and O–H groups in total. The summed E-state index contributed by atoms with van der Waals surface area (Å²) in [6, 6.07) is 8.71. The first kappa shape index (κ1) is 10.0. The van der Waals surface area contributed by atoms with E-state index >= 15 is 0 Å². The van der Waals surface area contributed by atoms with Crippen molar-refractivity contribution in [2.45, 2.75) is 18.9 Å². The van der Waals surface area contributed by atoms with Gasteiger partial charge in [-0.1, -0.05) is 12.1 Å². The van der Waals surface area contributed by atoms with E-state index in [1.807, 2.05) is 30.0 Å². The van der Waals surface area contributed by atoms with E-state index in [1.54, 1.807) is 0 Å². The van der Waals surface area contributed by atoms with Gasteiger partial charge in [-0.05, 0) is 30.7 Å². The molecule has 1 saturated heterocycles. The van der Waals surface area contributed by atoms with Crippen LogP contribution in [0.4, 0.5) is 5.95 Å². The van der Waals surface area contributed by atoms with E-state index < -0.39 is 0 Å². The highest BCUT2D eigenvalue weighted by molar-refractivity contribution is 7.99. The quantitative estimate of drug-likeness (QED) is 0.838. The summed E-state index contributed by atoms with van der Waals surface area (Å²) in [5.41, 5.74) is 2.14. The van der Waals surface area contributed by atoms with E-state index in [9.17, 15) is 0 Å². The van der Waals surface area contributed by atoms with Gasteiger partial charge in [-0.2, -0.15) is 11.8 Å². The van der Waals surface area contributed by atoms with Crippen LogP contribution in [0.1, 0.15) is 12.8 Å². The highest BCUT2D eigenvalue weighted by Gasteiger charge is 2.14. The second-order valence-electron chi connectivity index (χ2n) is 4.16. The van der Waals surface area contributed by atoms with Gasteiger partial charge in [0.25, 0.3) is 0 Å². The molecule has 3 rings (SSSR count). The van der Waals surface area contributed by atoms with Crippen molar-refractivity contribution in [2.24, 2.45) is 0 Å². The molecular weight excluding hydrogens is 218 g/mol. The molecule has 0 aliphatic carbocycles. The minimum Gasteiger partial charge on any atom is -0.352 e. The lowest BCUT2D eigenvalue weighted by molar-refractivity contribution is 0.680. The first-order valence-corrected chi connectivity index (χ1v) is 6.86. The predicted octanol–water partition coefficient (Wildman–Crippen LogP) is 2.87. The number of rotatable bonds is 2. The average Bonchev–Trinajstić information content (AvgIpc) is 2.72. The predicted molar refractivity (Wildman–Crippen MR) is 70.1 cm³/mol. The van der Waals surface area contributed by atoms with Crippen LogP contribution in [-0.2, 0) is 0 Å².